The van der Waals surface area contributed by atoms with Gasteiger partial charge in [-0.05, 0) is 43.7 Å². The quantitative estimate of drug-likeness (QED) is 0.563. The summed E-state index contributed by atoms with van der Waals surface area (Å²) in [6.07, 6.45) is -0.0189. The van der Waals surface area contributed by atoms with Gasteiger partial charge in [0, 0.05) is 11.8 Å². The maximum atomic E-state index is 12.3. The number of sulfone groups is 1. The van der Waals surface area contributed by atoms with Crippen LogP contribution in [0.2, 0.25) is 0 Å². The van der Waals surface area contributed by atoms with Gasteiger partial charge in [-0.3, -0.25) is 9.59 Å². The van der Waals surface area contributed by atoms with Crippen LogP contribution >= 0.6 is 0 Å². The Kier molecular flexibility index (Phi) is 6.69. The van der Waals surface area contributed by atoms with E-state index in [-0.39, 0.29) is 17.1 Å². The van der Waals surface area contributed by atoms with Crippen LogP contribution in [-0.2, 0) is 25.1 Å². The first-order valence-electron chi connectivity index (χ1n) is 8.45. The lowest BCUT2D eigenvalue weighted by Crippen LogP contribution is -2.30. The fourth-order valence-corrected chi connectivity index (χ4v) is 3.29. The summed E-state index contributed by atoms with van der Waals surface area (Å²) in [7, 11) is -3.25. The zero-order valence-corrected chi connectivity index (χ0v) is 16.6. The van der Waals surface area contributed by atoms with Crippen molar-refractivity contribution in [2.75, 3.05) is 11.6 Å². The van der Waals surface area contributed by atoms with E-state index in [0.717, 1.165) is 6.26 Å². The Morgan fingerprint density at radius 1 is 1.07 bits per heavy atom. The van der Waals surface area contributed by atoms with Crippen LogP contribution in [0, 0.1) is 0 Å². The number of ether oxygens (including phenoxy) is 1. The molecule has 2 rings (SSSR count). The molecule has 0 bridgehead atoms. The number of hydrogen-bond donors (Lipinski definition) is 1. The molecule has 0 aliphatic rings. The van der Waals surface area contributed by atoms with Gasteiger partial charge < -0.3 is 10.1 Å². The van der Waals surface area contributed by atoms with Crippen LogP contribution in [0.15, 0.2) is 48.5 Å². The minimum atomic E-state index is -3.25. The van der Waals surface area contributed by atoms with E-state index < -0.39 is 27.8 Å². The third-order valence-corrected chi connectivity index (χ3v) is 4.67. The second-order valence-corrected chi connectivity index (χ2v) is 8.55. The Labute approximate surface area is 163 Å². The average molecular weight is 403 g/mol. The first-order valence-corrected chi connectivity index (χ1v) is 10.5. The van der Waals surface area contributed by atoms with Gasteiger partial charge in [0.1, 0.15) is 0 Å². The predicted octanol–water partition coefficient (Wildman–Crippen LogP) is 2.62. The van der Waals surface area contributed by atoms with Gasteiger partial charge in [-0.15, -0.1) is 0 Å². The summed E-state index contributed by atoms with van der Waals surface area (Å²) in [4.78, 5) is 36.3. The molecule has 7 nitrogen and oxygen atoms in total. The molecule has 2 aromatic carbocycles. The van der Waals surface area contributed by atoms with Crippen molar-refractivity contribution in [3.63, 3.8) is 0 Å². The normalized spacial score (nSPS) is 12.1. The molecule has 0 aliphatic heterocycles. The number of carbonyl (C=O) groups is 3. The zero-order chi connectivity index (χ0) is 20.9. The lowest BCUT2D eigenvalue weighted by atomic mass is 10.1. The molecule has 28 heavy (non-hydrogen) atoms. The van der Waals surface area contributed by atoms with Crippen LogP contribution in [-0.4, -0.2) is 38.4 Å². The highest BCUT2D eigenvalue weighted by atomic mass is 32.2. The van der Waals surface area contributed by atoms with Crippen molar-refractivity contribution in [2.24, 2.45) is 0 Å². The molecule has 2 aromatic rings. The van der Waals surface area contributed by atoms with Crippen molar-refractivity contribution < 1.29 is 27.5 Å². The fourth-order valence-electron chi connectivity index (χ4n) is 2.51. The van der Waals surface area contributed by atoms with Crippen LogP contribution in [0.1, 0.15) is 40.1 Å². The molecule has 8 heteroatoms. The number of nitrogens with one attached hydrogen (secondary N) is 1. The van der Waals surface area contributed by atoms with E-state index in [2.05, 4.69) is 5.32 Å². The lowest BCUT2D eigenvalue weighted by Gasteiger charge is -2.15. The molecule has 0 unspecified atom stereocenters. The highest BCUT2D eigenvalue weighted by Gasteiger charge is 2.21. The number of Topliss-reactive ketones (excluding diaryl/α,β-unsaturated/α-hetero) is 1. The monoisotopic (exact) mass is 403 g/mol. The van der Waals surface area contributed by atoms with Gasteiger partial charge in [0.05, 0.1) is 17.0 Å². The SMILES string of the molecule is CC(=O)c1ccccc1NC(=O)[C@@H](C)OC(=O)c1cccc(CS(C)(=O)=O)c1. The number of benzene rings is 2. The van der Waals surface area contributed by atoms with E-state index in [4.69, 9.17) is 4.74 Å². The molecule has 1 N–H and O–H groups in total. The van der Waals surface area contributed by atoms with E-state index in [1.807, 2.05) is 0 Å². The van der Waals surface area contributed by atoms with Crippen LogP contribution < -0.4 is 5.32 Å². The number of rotatable bonds is 7. The highest BCUT2D eigenvalue weighted by molar-refractivity contribution is 7.89. The Morgan fingerprint density at radius 3 is 2.39 bits per heavy atom. The fraction of sp³-hybridized carbons (Fsp3) is 0.250. The van der Waals surface area contributed by atoms with Gasteiger partial charge in [-0.2, -0.15) is 0 Å². The number of anilines is 1. The van der Waals surface area contributed by atoms with Crippen molar-refractivity contribution in [1.82, 2.24) is 0 Å². The molecule has 0 radical (unpaired) electrons. The van der Waals surface area contributed by atoms with Crippen LogP contribution in [0.3, 0.4) is 0 Å². The van der Waals surface area contributed by atoms with Crippen LogP contribution in [0.25, 0.3) is 0 Å². The van der Waals surface area contributed by atoms with E-state index >= 15 is 0 Å². The minimum absolute atomic E-state index is 0.143. The maximum Gasteiger partial charge on any atom is 0.338 e. The van der Waals surface area contributed by atoms with Crippen molar-refractivity contribution >= 4 is 33.2 Å². The van der Waals surface area contributed by atoms with Gasteiger partial charge in [0.25, 0.3) is 5.91 Å². The summed E-state index contributed by atoms with van der Waals surface area (Å²) in [5.41, 5.74) is 1.27. The van der Waals surface area contributed by atoms with E-state index in [1.54, 1.807) is 36.4 Å². The van der Waals surface area contributed by atoms with Crippen LogP contribution in [0.4, 0.5) is 5.69 Å². The van der Waals surface area contributed by atoms with E-state index in [0.29, 0.717) is 16.8 Å². The average Bonchev–Trinajstić information content (AvgIpc) is 2.60. The van der Waals surface area contributed by atoms with Gasteiger partial charge in [-0.1, -0.05) is 24.3 Å². The molecular weight excluding hydrogens is 382 g/mol. The maximum absolute atomic E-state index is 12.3. The second kappa shape index (κ2) is 8.79. The first kappa shape index (κ1) is 21.3. The van der Waals surface area contributed by atoms with Crippen molar-refractivity contribution in [2.45, 2.75) is 25.7 Å². The molecule has 0 spiro atoms. The number of carbonyl (C=O) groups excluding carboxylic acids is 3. The number of para-hydroxylation sites is 1. The van der Waals surface area contributed by atoms with E-state index in [1.165, 1.54) is 26.0 Å². The van der Waals surface area contributed by atoms with Gasteiger partial charge in [-0.25, -0.2) is 13.2 Å². The van der Waals surface area contributed by atoms with Crippen LogP contribution in [0.5, 0.6) is 0 Å². The zero-order valence-electron chi connectivity index (χ0n) is 15.8. The molecular formula is C20H21NO6S. The molecule has 1 amide bonds. The summed E-state index contributed by atoms with van der Waals surface area (Å²) >= 11 is 0. The lowest BCUT2D eigenvalue weighted by molar-refractivity contribution is -0.123. The Morgan fingerprint density at radius 2 is 1.75 bits per heavy atom. The molecule has 0 aliphatic carbocycles. The number of esters is 1. The standard InChI is InChI=1S/C20H21NO6S/c1-13(22)17-9-4-5-10-18(17)21-19(23)14(2)27-20(24)16-8-6-7-15(11-16)12-28(3,25)26/h4-11,14H,12H2,1-3H3,(H,21,23)/t14-/m1/s1. The summed E-state index contributed by atoms with van der Waals surface area (Å²) < 4.78 is 28.0. The number of ketones is 1. The summed E-state index contributed by atoms with van der Waals surface area (Å²) in [6.45, 7) is 2.79. The smallest absolute Gasteiger partial charge is 0.338 e. The van der Waals surface area contributed by atoms with Crippen molar-refractivity contribution in [3.05, 3.63) is 65.2 Å². The summed E-state index contributed by atoms with van der Waals surface area (Å²) in [5, 5.41) is 2.57. The molecule has 0 heterocycles. The first-order chi connectivity index (χ1) is 13.1. The molecule has 0 saturated heterocycles. The predicted molar refractivity (Wildman–Crippen MR) is 105 cm³/mol. The third-order valence-electron chi connectivity index (χ3n) is 3.81. The third kappa shape index (κ3) is 6.02. The molecule has 148 valence electrons. The Balaban J connectivity index is 2.07. The molecule has 0 fully saturated rings. The molecule has 1 atom stereocenters. The molecule has 0 aromatic heterocycles. The number of hydrogen-bond acceptors (Lipinski definition) is 6. The largest absolute Gasteiger partial charge is 0.449 e. The van der Waals surface area contributed by atoms with Gasteiger partial charge in [0.2, 0.25) is 0 Å². The second-order valence-electron chi connectivity index (χ2n) is 6.41. The van der Waals surface area contributed by atoms with E-state index in [9.17, 15) is 22.8 Å². The minimum Gasteiger partial charge on any atom is -0.449 e. The molecule has 0 saturated carbocycles. The summed E-state index contributed by atoms with van der Waals surface area (Å²) in [5.74, 6) is -1.75. The van der Waals surface area contributed by atoms with Crippen molar-refractivity contribution in [1.29, 1.82) is 0 Å². The number of amides is 1. The van der Waals surface area contributed by atoms with Crippen molar-refractivity contribution in [3.8, 4) is 0 Å². The Hall–Kier alpha value is -3.00. The summed E-state index contributed by atoms with van der Waals surface area (Å²) in [6, 6.07) is 12.5. The Bertz CT molecular complexity index is 1010. The topological polar surface area (TPSA) is 107 Å². The highest BCUT2D eigenvalue weighted by Crippen LogP contribution is 2.17. The van der Waals surface area contributed by atoms with Gasteiger partial charge in [0.15, 0.2) is 21.7 Å². The van der Waals surface area contributed by atoms with Gasteiger partial charge >= 0.3 is 5.97 Å².